The van der Waals surface area contributed by atoms with Gasteiger partial charge in [-0.1, -0.05) is 12.1 Å². The van der Waals surface area contributed by atoms with E-state index in [1.165, 1.54) is 24.5 Å². The molecule has 0 unspecified atom stereocenters. The molecule has 1 atom stereocenters. The Morgan fingerprint density at radius 3 is 2.79 bits per heavy atom. The maximum atomic E-state index is 13.0. The monoisotopic (exact) mass is 383 g/mol. The fourth-order valence-electron chi connectivity index (χ4n) is 4.36. The molecule has 8 heteroatoms. The summed E-state index contributed by atoms with van der Waals surface area (Å²) in [5, 5.41) is 18.7. The van der Waals surface area contributed by atoms with Crippen molar-refractivity contribution >= 4 is 11.6 Å². The first kappa shape index (κ1) is 18.6. The van der Waals surface area contributed by atoms with Crippen LogP contribution >= 0.6 is 0 Å². The fraction of sp³-hybridized carbons (Fsp3) is 0.500. The number of H-pyrrole nitrogens is 1. The normalized spacial score (nSPS) is 20.4. The molecule has 2 aliphatic heterocycles. The molecule has 0 spiro atoms. The lowest BCUT2D eigenvalue weighted by molar-refractivity contribution is -0.385. The zero-order valence-corrected chi connectivity index (χ0v) is 15.8. The number of aromatic amines is 1. The standard InChI is InChI=1S/C20H25N5O3/c26-20(17-7-1-2-8-18(17)25(27)28)24-11-5-6-15(14-24)19-16(12-21-22-19)13-23-9-3-4-10-23/h1-2,7-8,12,15H,3-6,9-11,13-14H2,(H,21,22)/t15-/m1/s1. The van der Waals surface area contributed by atoms with E-state index in [2.05, 4.69) is 15.1 Å². The number of likely N-dealkylation sites (tertiary alicyclic amines) is 2. The fourth-order valence-corrected chi connectivity index (χ4v) is 4.36. The van der Waals surface area contributed by atoms with E-state index >= 15 is 0 Å². The van der Waals surface area contributed by atoms with Crippen LogP contribution in [0.25, 0.3) is 0 Å². The summed E-state index contributed by atoms with van der Waals surface area (Å²) in [6.45, 7) is 4.31. The minimum atomic E-state index is -0.488. The van der Waals surface area contributed by atoms with Crippen LogP contribution in [0.15, 0.2) is 30.5 Å². The van der Waals surface area contributed by atoms with Crippen LogP contribution in [0, 0.1) is 10.1 Å². The van der Waals surface area contributed by atoms with Crippen LogP contribution in [0.5, 0.6) is 0 Å². The van der Waals surface area contributed by atoms with E-state index in [0.29, 0.717) is 13.1 Å². The summed E-state index contributed by atoms with van der Waals surface area (Å²) in [7, 11) is 0. The molecule has 2 saturated heterocycles. The van der Waals surface area contributed by atoms with Crippen LogP contribution < -0.4 is 0 Å². The van der Waals surface area contributed by atoms with E-state index in [1.807, 2.05) is 6.20 Å². The van der Waals surface area contributed by atoms with Gasteiger partial charge in [0.2, 0.25) is 0 Å². The zero-order chi connectivity index (χ0) is 19.5. The summed E-state index contributed by atoms with van der Waals surface area (Å²) in [6.07, 6.45) is 6.25. The van der Waals surface area contributed by atoms with Gasteiger partial charge in [0.1, 0.15) is 5.56 Å². The molecule has 1 aromatic heterocycles. The molecule has 2 aromatic rings. The number of carbonyl (C=O) groups excluding carboxylic acids is 1. The van der Waals surface area contributed by atoms with Crippen LogP contribution in [0.2, 0.25) is 0 Å². The molecule has 148 valence electrons. The van der Waals surface area contributed by atoms with Crippen molar-refractivity contribution in [3.05, 3.63) is 57.4 Å². The number of carbonyl (C=O) groups is 1. The van der Waals surface area contributed by atoms with E-state index in [0.717, 1.165) is 38.2 Å². The average molecular weight is 383 g/mol. The molecule has 0 radical (unpaired) electrons. The molecule has 8 nitrogen and oxygen atoms in total. The number of nitro benzene ring substituents is 1. The molecule has 0 bridgehead atoms. The number of benzene rings is 1. The lowest BCUT2D eigenvalue weighted by atomic mass is 9.92. The predicted octanol–water partition coefficient (Wildman–Crippen LogP) is 2.93. The SMILES string of the molecule is O=C(c1ccccc1[N+](=O)[O-])N1CCC[C@@H](c2[nH]ncc2CN2CCCC2)C1. The largest absolute Gasteiger partial charge is 0.338 e. The Kier molecular flexibility index (Phi) is 5.38. The third-order valence-electron chi connectivity index (χ3n) is 5.79. The van der Waals surface area contributed by atoms with Gasteiger partial charge in [-0.15, -0.1) is 0 Å². The van der Waals surface area contributed by atoms with Crippen LogP contribution in [0.3, 0.4) is 0 Å². The topological polar surface area (TPSA) is 95.4 Å². The average Bonchev–Trinajstić information content (AvgIpc) is 3.40. The van der Waals surface area contributed by atoms with Crippen molar-refractivity contribution in [2.24, 2.45) is 0 Å². The predicted molar refractivity (Wildman–Crippen MR) is 104 cm³/mol. The Bertz CT molecular complexity index is 859. The number of aromatic nitrogens is 2. The molecule has 2 aliphatic rings. The van der Waals surface area contributed by atoms with Gasteiger partial charge in [-0.2, -0.15) is 5.10 Å². The highest BCUT2D eigenvalue weighted by atomic mass is 16.6. The quantitative estimate of drug-likeness (QED) is 0.633. The summed E-state index contributed by atoms with van der Waals surface area (Å²) in [5.74, 6) is -0.0850. The highest BCUT2D eigenvalue weighted by Gasteiger charge is 2.31. The summed E-state index contributed by atoms with van der Waals surface area (Å²) in [4.78, 5) is 28.0. The summed E-state index contributed by atoms with van der Waals surface area (Å²) < 4.78 is 0. The van der Waals surface area contributed by atoms with Crippen molar-refractivity contribution in [2.75, 3.05) is 26.2 Å². The molecule has 1 amide bonds. The van der Waals surface area contributed by atoms with Crippen molar-refractivity contribution < 1.29 is 9.72 Å². The third-order valence-corrected chi connectivity index (χ3v) is 5.79. The maximum Gasteiger partial charge on any atom is 0.282 e. The molecule has 1 aromatic carbocycles. The van der Waals surface area contributed by atoms with Gasteiger partial charge in [0.05, 0.1) is 11.1 Å². The highest BCUT2D eigenvalue weighted by Crippen LogP contribution is 2.30. The second kappa shape index (κ2) is 8.10. The Hall–Kier alpha value is -2.74. The Morgan fingerprint density at radius 1 is 1.21 bits per heavy atom. The zero-order valence-electron chi connectivity index (χ0n) is 15.8. The molecule has 3 heterocycles. The van der Waals surface area contributed by atoms with Gasteiger partial charge in [-0.05, 0) is 44.8 Å². The molecule has 2 fully saturated rings. The van der Waals surface area contributed by atoms with Crippen molar-refractivity contribution in [1.82, 2.24) is 20.0 Å². The van der Waals surface area contributed by atoms with E-state index in [-0.39, 0.29) is 23.1 Å². The van der Waals surface area contributed by atoms with Crippen LogP contribution in [0.4, 0.5) is 5.69 Å². The molecule has 0 saturated carbocycles. The summed E-state index contributed by atoms with van der Waals surface area (Å²) in [6, 6.07) is 6.19. The van der Waals surface area contributed by atoms with Gasteiger partial charge < -0.3 is 4.90 Å². The lowest BCUT2D eigenvalue weighted by Crippen LogP contribution is -2.39. The van der Waals surface area contributed by atoms with Crippen LogP contribution in [-0.4, -0.2) is 57.0 Å². The maximum absolute atomic E-state index is 13.0. The van der Waals surface area contributed by atoms with Crippen molar-refractivity contribution in [3.63, 3.8) is 0 Å². The second-order valence-electron chi connectivity index (χ2n) is 7.66. The number of piperidine rings is 1. The van der Waals surface area contributed by atoms with Gasteiger partial charge >= 0.3 is 0 Å². The van der Waals surface area contributed by atoms with Gasteiger partial charge in [0, 0.05) is 42.9 Å². The van der Waals surface area contributed by atoms with Crippen LogP contribution in [-0.2, 0) is 6.54 Å². The lowest BCUT2D eigenvalue weighted by Gasteiger charge is -2.33. The number of hydrogen-bond acceptors (Lipinski definition) is 5. The highest BCUT2D eigenvalue weighted by molar-refractivity contribution is 5.98. The Labute approximate surface area is 163 Å². The summed E-state index contributed by atoms with van der Waals surface area (Å²) in [5.41, 5.74) is 2.33. The van der Waals surface area contributed by atoms with Crippen LogP contribution in [0.1, 0.15) is 53.2 Å². The first-order valence-corrected chi connectivity index (χ1v) is 9.90. The van der Waals surface area contributed by atoms with Gasteiger partial charge in [-0.25, -0.2) is 0 Å². The summed E-state index contributed by atoms with van der Waals surface area (Å²) >= 11 is 0. The number of nitrogens with zero attached hydrogens (tertiary/aromatic N) is 4. The van der Waals surface area contributed by atoms with E-state index in [4.69, 9.17) is 0 Å². The molecule has 0 aliphatic carbocycles. The minimum absolute atomic E-state index is 0.133. The number of nitrogens with one attached hydrogen (secondary N) is 1. The van der Waals surface area contributed by atoms with Crippen molar-refractivity contribution in [3.8, 4) is 0 Å². The van der Waals surface area contributed by atoms with E-state index in [1.54, 1.807) is 23.1 Å². The van der Waals surface area contributed by atoms with Crippen molar-refractivity contribution in [1.29, 1.82) is 0 Å². The Morgan fingerprint density at radius 2 is 2.00 bits per heavy atom. The van der Waals surface area contributed by atoms with Gasteiger partial charge in [0.25, 0.3) is 11.6 Å². The molecule has 28 heavy (non-hydrogen) atoms. The first-order valence-electron chi connectivity index (χ1n) is 9.90. The van der Waals surface area contributed by atoms with Gasteiger partial charge in [-0.3, -0.25) is 24.9 Å². The number of para-hydroxylation sites is 1. The smallest absolute Gasteiger partial charge is 0.282 e. The van der Waals surface area contributed by atoms with E-state index in [9.17, 15) is 14.9 Å². The second-order valence-corrected chi connectivity index (χ2v) is 7.66. The van der Waals surface area contributed by atoms with E-state index < -0.39 is 4.92 Å². The van der Waals surface area contributed by atoms with Gasteiger partial charge in [0.15, 0.2) is 0 Å². The molecular weight excluding hydrogens is 358 g/mol. The number of nitro groups is 1. The molecule has 1 N–H and O–H groups in total. The third kappa shape index (κ3) is 3.77. The molecule has 4 rings (SSSR count). The number of hydrogen-bond donors (Lipinski definition) is 1. The molecular formula is C20H25N5O3. The minimum Gasteiger partial charge on any atom is -0.338 e. The number of amides is 1. The van der Waals surface area contributed by atoms with Crippen molar-refractivity contribution in [2.45, 2.75) is 38.1 Å². The first-order chi connectivity index (χ1) is 13.6. The number of rotatable bonds is 5. The Balaban J connectivity index is 1.50.